The third kappa shape index (κ3) is 2.13. The van der Waals surface area contributed by atoms with Crippen molar-refractivity contribution in [2.24, 2.45) is 0 Å². The van der Waals surface area contributed by atoms with Crippen LogP contribution in [-0.2, 0) is 0 Å². The van der Waals surface area contributed by atoms with E-state index < -0.39 is 0 Å². The first-order chi connectivity index (χ1) is 5.45. The van der Waals surface area contributed by atoms with Crippen LogP contribution in [0.4, 0.5) is 0 Å². The molecule has 1 aromatic carbocycles. The van der Waals surface area contributed by atoms with Gasteiger partial charge in [-0.05, 0) is 18.6 Å². The highest BCUT2D eigenvalue weighted by atomic mass is 35.5. The van der Waals surface area contributed by atoms with Crippen LogP contribution >= 0.6 is 12.4 Å². The summed E-state index contributed by atoms with van der Waals surface area (Å²) in [6.45, 7) is 2.13. The minimum atomic E-state index is 0. The van der Waals surface area contributed by atoms with Crippen LogP contribution in [0.15, 0.2) is 30.3 Å². The van der Waals surface area contributed by atoms with Gasteiger partial charge in [0.15, 0.2) is 0 Å². The summed E-state index contributed by atoms with van der Waals surface area (Å²) in [7, 11) is 0. The average molecular weight is 186 g/mol. The van der Waals surface area contributed by atoms with Crippen LogP contribution in [0.25, 0.3) is 0 Å². The second-order valence-electron chi connectivity index (χ2n) is 2.69. The second-order valence-corrected chi connectivity index (χ2v) is 2.69. The lowest BCUT2D eigenvalue weighted by Gasteiger charge is -2.29. The Morgan fingerprint density at radius 2 is 1.75 bits per heavy atom. The first-order valence-electron chi connectivity index (χ1n) is 3.93. The van der Waals surface area contributed by atoms with Crippen molar-refractivity contribution in [3.8, 4) is 5.75 Å². The van der Waals surface area contributed by atoms with Gasteiger partial charge in [0.2, 0.25) is 0 Å². The van der Waals surface area contributed by atoms with Gasteiger partial charge in [0.05, 0.1) is 0 Å². The van der Waals surface area contributed by atoms with E-state index in [4.69, 9.17) is 4.84 Å². The van der Waals surface area contributed by atoms with Crippen molar-refractivity contribution in [3.63, 3.8) is 0 Å². The topological polar surface area (TPSA) is 12.5 Å². The number of rotatable bonds is 2. The number of halogens is 1. The molecule has 0 unspecified atom stereocenters. The van der Waals surface area contributed by atoms with Gasteiger partial charge < -0.3 is 4.84 Å². The van der Waals surface area contributed by atoms with Gasteiger partial charge in [-0.25, -0.2) is 0 Å². The van der Waals surface area contributed by atoms with E-state index in [9.17, 15) is 0 Å². The van der Waals surface area contributed by atoms with Gasteiger partial charge in [0.1, 0.15) is 5.75 Å². The van der Waals surface area contributed by atoms with E-state index in [1.54, 1.807) is 0 Å². The Kier molecular flexibility index (Phi) is 3.38. The van der Waals surface area contributed by atoms with E-state index in [1.165, 1.54) is 6.42 Å². The molecule has 0 atom stereocenters. The smallest absolute Gasteiger partial charge is 0.147 e. The normalized spacial score (nSPS) is 16.0. The van der Waals surface area contributed by atoms with Gasteiger partial charge in [-0.15, -0.1) is 17.5 Å². The van der Waals surface area contributed by atoms with Crippen LogP contribution in [0.5, 0.6) is 5.75 Å². The van der Waals surface area contributed by atoms with Gasteiger partial charge in [-0.1, -0.05) is 18.2 Å². The summed E-state index contributed by atoms with van der Waals surface area (Å²) in [4.78, 5) is 5.48. The molecule has 2 nitrogen and oxygen atoms in total. The molecule has 66 valence electrons. The lowest BCUT2D eigenvalue weighted by molar-refractivity contribution is -0.107. The molecule has 0 radical (unpaired) electrons. The van der Waals surface area contributed by atoms with Crippen molar-refractivity contribution in [2.45, 2.75) is 6.42 Å². The highest BCUT2D eigenvalue weighted by Crippen LogP contribution is 2.14. The number of benzene rings is 1. The van der Waals surface area contributed by atoms with Gasteiger partial charge >= 0.3 is 0 Å². The molecule has 0 aromatic heterocycles. The van der Waals surface area contributed by atoms with Gasteiger partial charge in [0.25, 0.3) is 0 Å². The van der Waals surface area contributed by atoms with Crippen molar-refractivity contribution in [1.29, 1.82) is 0 Å². The molecule has 1 aliphatic rings. The Balaban J connectivity index is 0.000000720. The molecule has 1 saturated heterocycles. The largest absolute Gasteiger partial charge is 0.406 e. The summed E-state index contributed by atoms with van der Waals surface area (Å²) in [6, 6.07) is 9.89. The minimum Gasteiger partial charge on any atom is -0.406 e. The van der Waals surface area contributed by atoms with Crippen molar-refractivity contribution in [1.82, 2.24) is 5.06 Å². The summed E-state index contributed by atoms with van der Waals surface area (Å²) >= 11 is 0. The molecule has 12 heavy (non-hydrogen) atoms. The Labute approximate surface area is 78.5 Å². The summed E-state index contributed by atoms with van der Waals surface area (Å²) < 4.78 is 0. The van der Waals surface area contributed by atoms with E-state index in [2.05, 4.69) is 0 Å². The lowest BCUT2D eigenvalue weighted by Crippen LogP contribution is -2.39. The predicted molar refractivity (Wildman–Crippen MR) is 50.5 cm³/mol. The molecule has 0 spiro atoms. The van der Waals surface area contributed by atoms with Crippen LogP contribution in [0.2, 0.25) is 0 Å². The zero-order chi connectivity index (χ0) is 7.52. The Morgan fingerprint density at radius 1 is 1.08 bits per heavy atom. The maximum atomic E-state index is 5.48. The first kappa shape index (κ1) is 9.36. The zero-order valence-electron chi connectivity index (χ0n) is 6.77. The van der Waals surface area contributed by atoms with Crippen LogP contribution in [0, 0.1) is 0 Å². The van der Waals surface area contributed by atoms with Crippen molar-refractivity contribution >= 4 is 12.4 Å². The Morgan fingerprint density at radius 3 is 2.25 bits per heavy atom. The quantitative estimate of drug-likeness (QED) is 0.700. The molecule has 1 aliphatic heterocycles. The second kappa shape index (κ2) is 4.33. The monoisotopic (exact) mass is 185 g/mol. The van der Waals surface area contributed by atoms with Crippen LogP contribution in [0.1, 0.15) is 6.42 Å². The summed E-state index contributed by atoms with van der Waals surface area (Å²) in [5.41, 5.74) is 0. The maximum Gasteiger partial charge on any atom is 0.147 e. The predicted octanol–water partition coefficient (Wildman–Crippen LogP) is 2.11. The van der Waals surface area contributed by atoms with Crippen LogP contribution in [0.3, 0.4) is 0 Å². The number of hydrogen-bond acceptors (Lipinski definition) is 2. The van der Waals surface area contributed by atoms with Crippen molar-refractivity contribution in [2.75, 3.05) is 13.1 Å². The van der Waals surface area contributed by atoms with Gasteiger partial charge in [-0.3, -0.25) is 0 Å². The summed E-state index contributed by atoms with van der Waals surface area (Å²) in [5, 5.41) is 1.97. The highest BCUT2D eigenvalue weighted by molar-refractivity contribution is 5.85. The number of hydrogen-bond donors (Lipinski definition) is 0. The van der Waals surface area contributed by atoms with Crippen molar-refractivity contribution < 1.29 is 4.84 Å². The van der Waals surface area contributed by atoms with Crippen LogP contribution < -0.4 is 4.84 Å². The fraction of sp³-hybridized carbons (Fsp3) is 0.333. The summed E-state index contributed by atoms with van der Waals surface area (Å²) in [6.07, 6.45) is 1.26. The number of para-hydroxylation sites is 1. The van der Waals surface area contributed by atoms with Gasteiger partial charge in [0, 0.05) is 13.1 Å². The minimum absolute atomic E-state index is 0. The molecule has 0 amide bonds. The van der Waals surface area contributed by atoms with E-state index in [0.717, 1.165) is 18.8 Å². The third-order valence-corrected chi connectivity index (χ3v) is 1.79. The lowest BCUT2D eigenvalue weighted by atomic mass is 10.3. The van der Waals surface area contributed by atoms with E-state index >= 15 is 0 Å². The molecular formula is C9H12ClNO. The highest BCUT2D eigenvalue weighted by Gasteiger charge is 2.14. The fourth-order valence-corrected chi connectivity index (χ4v) is 1.01. The van der Waals surface area contributed by atoms with Crippen LogP contribution in [-0.4, -0.2) is 18.2 Å². The fourth-order valence-electron chi connectivity index (χ4n) is 1.01. The molecule has 1 heterocycles. The molecule has 3 heteroatoms. The zero-order valence-corrected chi connectivity index (χ0v) is 7.59. The number of nitrogens with zero attached hydrogens (tertiary/aromatic N) is 1. The Hall–Kier alpha value is -0.730. The molecule has 1 fully saturated rings. The molecule has 0 N–H and O–H groups in total. The van der Waals surface area contributed by atoms with E-state index in [0.29, 0.717) is 0 Å². The number of hydroxylamine groups is 2. The maximum absolute atomic E-state index is 5.48. The Bertz CT molecular complexity index is 223. The standard InChI is InChI=1S/C9H11NO.ClH/c1-2-5-9(6-3-1)11-10-7-4-8-10;/h1-3,5-6H,4,7-8H2;1H. The van der Waals surface area contributed by atoms with Crippen molar-refractivity contribution in [3.05, 3.63) is 30.3 Å². The third-order valence-electron chi connectivity index (χ3n) is 1.79. The first-order valence-corrected chi connectivity index (χ1v) is 3.93. The molecule has 0 aliphatic carbocycles. The van der Waals surface area contributed by atoms with Gasteiger partial charge in [-0.2, -0.15) is 0 Å². The molecule has 0 bridgehead atoms. The molecular weight excluding hydrogens is 174 g/mol. The molecule has 0 saturated carbocycles. The van der Waals surface area contributed by atoms with E-state index in [1.807, 2.05) is 35.4 Å². The average Bonchev–Trinajstić information content (AvgIpc) is 1.99. The molecule has 2 rings (SSSR count). The SMILES string of the molecule is Cl.c1ccc(ON2CCC2)cc1. The molecule has 1 aromatic rings. The summed E-state index contributed by atoms with van der Waals surface area (Å²) in [5.74, 6) is 0.937. The van der Waals surface area contributed by atoms with E-state index in [-0.39, 0.29) is 12.4 Å².